The lowest BCUT2D eigenvalue weighted by Crippen LogP contribution is -2.26. The van der Waals surface area contributed by atoms with Crippen molar-refractivity contribution in [3.05, 3.63) is 35.6 Å². The van der Waals surface area contributed by atoms with Gasteiger partial charge in [-0.1, -0.05) is 31.5 Å². The second kappa shape index (κ2) is 7.72. The van der Waals surface area contributed by atoms with Crippen LogP contribution in [0.15, 0.2) is 24.3 Å². The van der Waals surface area contributed by atoms with Crippen molar-refractivity contribution in [1.29, 1.82) is 0 Å². The van der Waals surface area contributed by atoms with E-state index >= 15 is 0 Å². The molecule has 0 radical (unpaired) electrons. The maximum absolute atomic E-state index is 13.5. The second-order valence-corrected chi connectivity index (χ2v) is 4.99. The van der Waals surface area contributed by atoms with Gasteiger partial charge < -0.3 is 4.90 Å². The summed E-state index contributed by atoms with van der Waals surface area (Å²) in [6, 6.07) is 6.98. The average Bonchev–Trinajstić information content (AvgIpc) is 2.31. The van der Waals surface area contributed by atoms with E-state index in [-0.39, 0.29) is 5.82 Å². The molecule has 0 heterocycles. The lowest BCUT2D eigenvalue weighted by molar-refractivity contribution is 0.270. The third-order valence-corrected chi connectivity index (χ3v) is 3.44. The monoisotopic (exact) mass is 255 g/mol. The maximum Gasteiger partial charge on any atom is 0.127 e. The predicted molar refractivity (Wildman–Crippen MR) is 75.0 cm³/mol. The van der Waals surface area contributed by atoms with Gasteiger partial charge in [0.05, 0.1) is 0 Å². The van der Waals surface area contributed by atoms with E-state index in [2.05, 4.69) is 24.5 Å². The first-order valence-corrected chi connectivity index (χ1v) is 6.83. The van der Waals surface area contributed by atoms with Crippen molar-refractivity contribution in [2.24, 2.45) is 5.92 Å². The summed E-state index contributed by atoms with van der Waals surface area (Å²) in [5, 5.41) is 0. The van der Waals surface area contributed by atoms with E-state index in [1.165, 1.54) is 18.9 Å². The molecule has 1 rings (SSSR count). The lowest BCUT2D eigenvalue weighted by atomic mass is 10.1. The van der Waals surface area contributed by atoms with Gasteiger partial charge in [-0.05, 0) is 31.2 Å². The summed E-state index contributed by atoms with van der Waals surface area (Å²) in [6.45, 7) is 3.83. The van der Waals surface area contributed by atoms with Crippen LogP contribution in [0.3, 0.4) is 0 Å². The number of hydrogen-bond acceptors (Lipinski definition) is 2. The summed E-state index contributed by atoms with van der Waals surface area (Å²) in [7, 11) is 2.04. The smallest absolute Gasteiger partial charge is 0.127 e. The molecule has 1 atom stereocenters. The molecule has 0 spiro atoms. The van der Waals surface area contributed by atoms with Gasteiger partial charge in [-0.25, -0.2) is 4.39 Å². The maximum atomic E-state index is 13.5. The third-order valence-electron chi connectivity index (χ3n) is 2.92. The highest BCUT2D eigenvalue weighted by Gasteiger charge is 2.11. The fourth-order valence-electron chi connectivity index (χ4n) is 2.07. The van der Waals surface area contributed by atoms with Crippen LogP contribution in [0, 0.1) is 11.7 Å². The molecule has 1 nitrogen and oxygen atoms in total. The van der Waals surface area contributed by atoms with E-state index in [0.717, 1.165) is 17.9 Å². The van der Waals surface area contributed by atoms with Crippen LogP contribution in [0.2, 0.25) is 0 Å². The zero-order valence-electron chi connectivity index (χ0n) is 10.7. The van der Waals surface area contributed by atoms with Crippen molar-refractivity contribution in [2.45, 2.75) is 26.3 Å². The summed E-state index contributed by atoms with van der Waals surface area (Å²) in [5.74, 6) is 1.38. The number of halogens is 1. The van der Waals surface area contributed by atoms with Crippen LogP contribution in [-0.4, -0.2) is 24.2 Å². The van der Waals surface area contributed by atoms with Crippen molar-refractivity contribution in [1.82, 2.24) is 4.90 Å². The van der Waals surface area contributed by atoms with E-state index in [1.54, 1.807) is 6.07 Å². The van der Waals surface area contributed by atoms with Crippen LogP contribution >= 0.6 is 12.6 Å². The summed E-state index contributed by atoms with van der Waals surface area (Å²) in [6.07, 6.45) is 2.36. The lowest BCUT2D eigenvalue weighted by Gasteiger charge is -2.22. The summed E-state index contributed by atoms with van der Waals surface area (Å²) < 4.78 is 13.5. The molecule has 1 aromatic carbocycles. The molecule has 1 unspecified atom stereocenters. The predicted octanol–water partition coefficient (Wildman–Crippen LogP) is 3.60. The molecule has 1 aromatic rings. The molecule has 0 fully saturated rings. The van der Waals surface area contributed by atoms with Crippen LogP contribution in [0.25, 0.3) is 0 Å². The second-order valence-electron chi connectivity index (χ2n) is 4.63. The molecule has 0 aliphatic heterocycles. The highest BCUT2D eigenvalue weighted by molar-refractivity contribution is 7.80. The number of rotatable bonds is 7. The van der Waals surface area contributed by atoms with Crippen molar-refractivity contribution < 1.29 is 4.39 Å². The minimum Gasteiger partial charge on any atom is -0.302 e. The molecule has 0 aliphatic rings. The van der Waals surface area contributed by atoms with E-state index in [0.29, 0.717) is 12.5 Å². The van der Waals surface area contributed by atoms with Gasteiger partial charge in [-0.2, -0.15) is 12.6 Å². The molecule has 0 saturated heterocycles. The number of hydrogen-bond donors (Lipinski definition) is 1. The Morgan fingerprint density at radius 1 is 1.35 bits per heavy atom. The van der Waals surface area contributed by atoms with Gasteiger partial charge >= 0.3 is 0 Å². The van der Waals surface area contributed by atoms with Crippen molar-refractivity contribution >= 4 is 12.6 Å². The fraction of sp³-hybridized carbons (Fsp3) is 0.571. The van der Waals surface area contributed by atoms with Crippen molar-refractivity contribution in [3.8, 4) is 0 Å². The summed E-state index contributed by atoms with van der Waals surface area (Å²) >= 11 is 4.37. The molecular formula is C14H22FNS. The average molecular weight is 255 g/mol. The fourth-order valence-corrected chi connectivity index (χ4v) is 2.37. The Balaban J connectivity index is 2.49. The molecule has 0 saturated carbocycles. The van der Waals surface area contributed by atoms with E-state index in [1.807, 2.05) is 19.2 Å². The Kier molecular flexibility index (Phi) is 6.60. The van der Waals surface area contributed by atoms with Gasteiger partial charge in [0.2, 0.25) is 0 Å². The van der Waals surface area contributed by atoms with Gasteiger partial charge in [0.25, 0.3) is 0 Å². The van der Waals surface area contributed by atoms with E-state index in [4.69, 9.17) is 0 Å². The summed E-state index contributed by atoms with van der Waals surface area (Å²) in [5.41, 5.74) is 0.768. The Morgan fingerprint density at radius 3 is 2.65 bits per heavy atom. The van der Waals surface area contributed by atoms with Gasteiger partial charge in [0.1, 0.15) is 5.82 Å². The highest BCUT2D eigenvalue weighted by Crippen LogP contribution is 2.13. The molecule has 0 amide bonds. The summed E-state index contributed by atoms with van der Waals surface area (Å²) in [4.78, 5) is 2.18. The van der Waals surface area contributed by atoms with Crippen LogP contribution in [-0.2, 0) is 6.54 Å². The molecule has 96 valence electrons. The molecule has 17 heavy (non-hydrogen) atoms. The Bertz CT molecular complexity index is 330. The van der Waals surface area contributed by atoms with E-state index < -0.39 is 0 Å². The number of nitrogens with zero attached hydrogens (tertiary/aromatic N) is 1. The van der Waals surface area contributed by atoms with E-state index in [9.17, 15) is 4.39 Å². The minimum atomic E-state index is -0.114. The third kappa shape index (κ3) is 5.09. The van der Waals surface area contributed by atoms with Gasteiger partial charge in [0, 0.05) is 18.7 Å². The van der Waals surface area contributed by atoms with Gasteiger partial charge in [-0.15, -0.1) is 0 Å². The van der Waals surface area contributed by atoms with Crippen molar-refractivity contribution in [2.75, 3.05) is 19.3 Å². The molecule has 3 heteroatoms. The Morgan fingerprint density at radius 2 is 2.06 bits per heavy atom. The van der Waals surface area contributed by atoms with Crippen molar-refractivity contribution in [3.63, 3.8) is 0 Å². The van der Waals surface area contributed by atoms with Crippen LogP contribution in [0.1, 0.15) is 25.3 Å². The zero-order chi connectivity index (χ0) is 12.7. The Hall–Kier alpha value is -0.540. The SMILES string of the molecule is CCCC(CS)CN(C)Cc1ccccc1F. The molecule has 0 aromatic heterocycles. The first kappa shape index (κ1) is 14.5. The first-order chi connectivity index (χ1) is 8.17. The van der Waals surface area contributed by atoms with Gasteiger partial charge in [-0.3, -0.25) is 0 Å². The van der Waals surface area contributed by atoms with Crippen LogP contribution in [0.5, 0.6) is 0 Å². The van der Waals surface area contributed by atoms with Crippen LogP contribution < -0.4 is 0 Å². The molecular weight excluding hydrogens is 233 g/mol. The quantitative estimate of drug-likeness (QED) is 0.729. The Labute approximate surface area is 109 Å². The van der Waals surface area contributed by atoms with Gasteiger partial charge in [0.15, 0.2) is 0 Å². The largest absolute Gasteiger partial charge is 0.302 e. The molecule has 0 N–H and O–H groups in total. The van der Waals surface area contributed by atoms with Crippen LogP contribution in [0.4, 0.5) is 4.39 Å². The molecule has 0 aliphatic carbocycles. The molecule has 0 bridgehead atoms. The minimum absolute atomic E-state index is 0.114. The first-order valence-electron chi connectivity index (χ1n) is 6.20. The standard InChI is InChI=1S/C14H22FNS/c1-3-6-12(11-17)9-16(2)10-13-7-4-5-8-14(13)15/h4-5,7-8,12,17H,3,6,9-11H2,1-2H3. The topological polar surface area (TPSA) is 3.24 Å². The normalized spacial score (nSPS) is 13.0. The highest BCUT2D eigenvalue weighted by atomic mass is 32.1. The zero-order valence-corrected chi connectivity index (χ0v) is 11.6. The number of thiol groups is 1. The number of benzene rings is 1.